The lowest BCUT2D eigenvalue weighted by Crippen LogP contribution is -1.89. The maximum absolute atomic E-state index is 2.26. The van der Waals surface area contributed by atoms with Gasteiger partial charge in [-0.15, -0.1) is 0 Å². The summed E-state index contributed by atoms with van der Waals surface area (Å²) in [5.41, 5.74) is 7.91. The van der Waals surface area contributed by atoms with Crippen LogP contribution in [0.4, 0.5) is 0 Å². The smallest absolute Gasteiger partial charge is 0.0109 e. The van der Waals surface area contributed by atoms with E-state index in [1.165, 1.54) is 33.4 Å². The molecule has 0 bridgehead atoms. The molecule has 0 aliphatic heterocycles. The van der Waals surface area contributed by atoms with Crippen LogP contribution in [0.5, 0.6) is 0 Å². The summed E-state index contributed by atoms with van der Waals surface area (Å²) in [4.78, 5) is 0. The van der Waals surface area contributed by atoms with Gasteiger partial charge in [0.05, 0.1) is 0 Å². The molecule has 0 N–H and O–H groups in total. The van der Waals surface area contributed by atoms with Crippen molar-refractivity contribution >= 4 is 6.08 Å². The Morgan fingerprint density at radius 2 is 1.56 bits per heavy atom. The van der Waals surface area contributed by atoms with Crippen LogP contribution in [0.15, 0.2) is 42.5 Å². The number of aryl methyl sites for hydroxylation is 3. The lowest BCUT2D eigenvalue weighted by atomic mass is 9.93. The highest BCUT2D eigenvalue weighted by atomic mass is 14.1. The van der Waals surface area contributed by atoms with Crippen LogP contribution in [0, 0.1) is 20.8 Å². The minimum absolute atomic E-state index is 1.31. The van der Waals surface area contributed by atoms with E-state index >= 15 is 0 Å². The monoisotopic (exact) mass is 236 g/mol. The van der Waals surface area contributed by atoms with Crippen LogP contribution in [0.1, 0.15) is 29.2 Å². The Balaban J connectivity index is 2.66. The second kappa shape index (κ2) is 5.22. The van der Waals surface area contributed by atoms with Crippen LogP contribution in [-0.4, -0.2) is 0 Å². The largest absolute Gasteiger partial charge is 0.0870 e. The Hall–Kier alpha value is -1.82. The highest BCUT2D eigenvalue weighted by Crippen LogP contribution is 2.28. The first-order valence-electron chi connectivity index (χ1n) is 6.43. The third-order valence-corrected chi connectivity index (χ3v) is 3.19. The lowest BCUT2D eigenvalue weighted by Gasteiger charge is -2.11. The third kappa shape index (κ3) is 2.53. The van der Waals surface area contributed by atoms with Crippen molar-refractivity contribution in [2.24, 2.45) is 0 Å². The van der Waals surface area contributed by atoms with Gasteiger partial charge in [-0.25, -0.2) is 0 Å². The van der Waals surface area contributed by atoms with E-state index in [1.54, 1.807) is 0 Å². The Labute approximate surface area is 110 Å². The molecule has 18 heavy (non-hydrogen) atoms. The van der Waals surface area contributed by atoms with Crippen LogP contribution in [0.25, 0.3) is 17.2 Å². The summed E-state index contributed by atoms with van der Waals surface area (Å²) < 4.78 is 0. The predicted octanol–water partition coefficient (Wildman–Crippen LogP) is 5.31. The van der Waals surface area contributed by atoms with E-state index in [-0.39, 0.29) is 0 Å². The van der Waals surface area contributed by atoms with Crippen molar-refractivity contribution in [1.29, 1.82) is 0 Å². The molecular formula is C18H20. The lowest BCUT2D eigenvalue weighted by molar-refractivity contribution is 1.37. The van der Waals surface area contributed by atoms with Crippen LogP contribution in [0.3, 0.4) is 0 Å². The minimum atomic E-state index is 1.31. The van der Waals surface area contributed by atoms with Gasteiger partial charge >= 0.3 is 0 Å². The zero-order valence-corrected chi connectivity index (χ0v) is 11.6. The van der Waals surface area contributed by atoms with Crippen molar-refractivity contribution in [3.63, 3.8) is 0 Å². The summed E-state index contributed by atoms with van der Waals surface area (Å²) in [5.74, 6) is 0. The maximum Gasteiger partial charge on any atom is -0.0109 e. The molecule has 0 heteroatoms. The van der Waals surface area contributed by atoms with E-state index < -0.39 is 0 Å². The summed E-state index contributed by atoms with van der Waals surface area (Å²) >= 11 is 0. The van der Waals surface area contributed by atoms with E-state index in [4.69, 9.17) is 0 Å². The maximum atomic E-state index is 2.26. The molecule has 0 radical (unpaired) electrons. The van der Waals surface area contributed by atoms with Crippen molar-refractivity contribution in [1.82, 2.24) is 0 Å². The zero-order chi connectivity index (χ0) is 13.1. The summed E-state index contributed by atoms with van der Waals surface area (Å²) in [7, 11) is 0. The average Bonchev–Trinajstić information content (AvgIpc) is 2.30. The second-order valence-electron chi connectivity index (χ2n) is 4.91. The first-order valence-corrected chi connectivity index (χ1v) is 6.43. The van der Waals surface area contributed by atoms with Crippen LogP contribution < -0.4 is 0 Å². The second-order valence-corrected chi connectivity index (χ2v) is 4.91. The van der Waals surface area contributed by atoms with Crippen molar-refractivity contribution in [2.45, 2.75) is 27.7 Å². The molecule has 0 saturated carbocycles. The van der Waals surface area contributed by atoms with Gasteiger partial charge in [0.25, 0.3) is 0 Å². The van der Waals surface area contributed by atoms with Crippen molar-refractivity contribution in [2.75, 3.05) is 0 Å². The van der Waals surface area contributed by atoms with Gasteiger partial charge in [-0.1, -0.05) is 59.7 Å². The van der Waals surface area contributed by atoms with Crippen molar-refractivity contribution < 1.29 is 0 Å². The van der Waals surface area contributed by atoms with E-state index in [0.29, 0.717) is 0 Å². The molecule has 0 fully saturated rings. The Morgan fingerprint density at radius 3 is 2.17 bits per heavy atom. The fourth-order valence-electron chi connectivity index (χ4n) is 2.45. The molecule has 0 aliphatic carbocycles. The summed E-state index contributed by atoms with van der Waals surface area (Å²) in [6.07, 6.45) is 4.30. The normalized spacial score (nSPS) is 11.1. The van der Waals surface area contributed by atoms with E-state index in [1.807, 2.05) is 0 Å². The molecule has 0 aromatic heterocycles. The summed E-state index contributed by atoms with van der Waals surface area (Å²) in [6.45, 7) is 8.54. The van der Waals surface area contributed by atoms with Gasteiger partial charge in [-0.3, -0.25) is 0 Å². The molecule has 92 valence electrons. The fourth-order valence-corrected chi connectivity index (χ4v) is 2.45. The first kappa shape index (κ1) is 12.6. The number of hydrogen-bond donors (Lipinski definition) is 0. The van der Waals surface area contributed by atoms with Crippen LogP contribution in [0.2, 0.25) is 0 Å². The van der Waals surface area contributed by atoms with Crippen molar-refractivity contribution in [3.8, 4) is 11.1 Å². The Bertz CT molecular complexity index is 569. The predicted molar refractivity (Wildman–Crippen MR) is 80.8 cm³/mol. The third-order valence-electron chi connectivity index (χ3n) is 3.19. The van der Waals surface area contributed by atoms with Crippen LogP contribution in [-0.2, 0) is 0 Å². The van der Waals surface area contributed by atoms with Gasteiger partial charge in [0.15, 0.2) is 0 Å². The average molecular weight is 236 g/mol. The van der Waals surface area contributed by atoms with Gasteiger partial charge < -0.3 is 0 Å². The molecule has 2 rings (SSSR count). The Morgan fingerprint density at radius 1 is 0.889 bits per heavy atom. The molecule has 2 aromatic rings. The molecule has 0 spiro atoms. The zero-order valence-electron chi connectivity index (χ0n) is 11.6. The molecule has 0 aliphatic rings. The minimum Gasteiger partial charge on any atom is -0.0870 e. The molecular weight excluding hydrogens is 216 g/mol. The number of rotatable bonds is 2. The van der Waals surface area contributed by atoms with Gasteiger partial charge in [0.1, 0.15) is 0 Å². The highest BCUT2D eigenvalue weighted by Gasteiger charge is 2.06. The molecule has 0 heterocycles. The SMILES string of the molecule is C/C=C\c1c(C)cccc1-c1cc(C)cc(C)c1. The van der Waals surface area contributed by atoms with Gasteiger partial charge in [-0.2, -0.15) is 0 Å². The van der Waals surface area contributed by atoms with Gasteiger partial charge in [0, 0.05) is 0 Å². The van der Waals surface area contributed by atoms with E-state index in [2.05, 4.69) is 76.2 Å². The number of benzene rings is 2. The standard InChI is InChI=1S/C18H20/c1-5-7-17-15(4)8-6-9-18(17)16-11-13(2)10-14(3)12-16/h5-12H,1-4H3/b7-5-. The van der Waals surface area contributed by atoms with E-state index in [0.717, 1.165) is 0 Å². The molecule has 0 saturated heterocycles. The number of allylic oxidation sites excluding steroid dienone is 1. The first-order chi connectivity index (χ1) is 8.61. The Kier molecular flexibility index (Phi) is 3.66. The summed E-state index contributed by atoms with van der Waals surface area (Å²) in [6, 6.07) is 13.2. The number of hydrogen-bond acceptors (Lipinski definition) is 0. The molecule has 0 amide bonds. The molecule has 2 aromatic carbocycles. The highest BCUT2D eigenvalue weighted by molar-refractivity contribution is 5.77. The van der Waals surface area contributed by atoms with Gasteiger partial charge in [0.2, 0.25) is 0 Å². The fraction of sp³-hybridized carbons (Fsp3) is 0.222. The quantitative estimate of drug-likeness (QED) is 0.662. The molecule has 0 unspecified atom stereocenters. The van der Waals surface area contributed by atoms with Crippen LogP contribution >= 0.6 is 0 Å². The van der Waals surface area contributed by atoms with Crippen molar-refractivity contribution in [3.05, 3.63) is 64.7 Å². The molecule has 0 atom stereocenters. The molecule has 0 nitrogen and oxygen atoms in total. The van der Waals surface area contributed by atoms with E-state index in [9.17, 15) is 0 Å². The summed E-state index contributed by atoms with van der Waals surface area (Å²) in [5, 5.41) is 0. The van der Waals surface area contributed by atoms with Gasteiger partial charge in [-0.05, 0) is 49.9 Å². The topological polar surface area (TPSA) is 0 Å².